The van der Waals surface area contributed by atoms with Gasteiger partial charge in [-0.3, -0.25) is 0 Å². The summed E-state index contributed by atoms with van der Waals surface area (Å²) in [5.41, 5.74) is 3.05. The standard InChI is InChI=1S/C20H12N2/c21-13-16-10-8-15(9-11-16)12-18(14-22)20-7-3-5-17-4-1-2-6-19(17)20/h1-12H/b18-12-. The van der Waals surface area contributed by atoms with Gasteiger partial charge in [-0.15, -0.1) is 0 Å². The number of hydrogen-bond donors (Lipinski definition) is 0. The molecular weight excluding hydrogens is 268 g/mol. The third kappa shape index (κ3) is 2.59. The molecule has 0 bridgehead atoms. The van der Waals surface area contributed by atoms with Crippen LogP contribution in [0.3, 0.4) is 0 Å². The summed E-state index contributed by atoms with van der Waals surface area (Å²) in [7, 11) is 0. The first-order chi connectivity index (χ1) is 10.8. The molecule has 0 saturated heterocycles. The van der Waals surface area contributed by atoms with Gasteiger partial charge in [-0.25, -0.2) is 0 Å². The number of allylic oxidation sites excluding steroid dienone is 1. The molecular formula is C20H12N2. The van der Waals surface area contributed by atoms with E-state index in [1.54, 1.807) is 12.1 Å². The van der Waals surface area contributed by atoms with Gasteiger partial charge in [0.25, 0.3) is 0 Å². The quantitative estimate of drug-likeness (QED) is 0.501. The topological polar surface area (TPSA) is 47.6 Å². The van der Waals surface area contributed by atoms with Gasteiger partial charge < -0.3 is 0 Å². The normalized spacial score (nSPS) is 10.9. The van der Waals surface area contributed by atoms with E-state index in [-0.39, 0.29) is 0 Å². The van der Waals surface area contributed by atoms with E-state index in [9.17, 15) is 5.26 Å². The fourth-order valence-electron chi connectivity index (χ4n) is 2.45. The van der Waals surface area contributed by atoms with E-state index >= 15 is 0 Å². The molecule has 0 amide bonds. The SMILES string of the molecule is N#C/C(=C/c1ccc(C#N)cc1)c1cccc2ccccc12. The second-order valence-electron chi connectivity index (χ2n) is 4.93. The lowest BCUT2D eigenvalue weighted by molar-refractivity contribution is 1.48. The highest BCUT2D eigenvalue weighted by molar-refractivity contribution is 6.01. The number of fused-ring (bicyclic) bond motifs is 1. The van der Waals surface area contributed by atoms with Gasteiger partial charge in [0.05, 0.1) is 23.3 Å². The molecule has 0 aliphatic carbocycles. The largest absolute Gasteiger partial charge is 0.192 e. The Kier molecular flexibility index (Phi) is 3.69. The molecule has 0 fully saturated rings. The van der Waals surface area contributed by atoms with Crippen LogP contribution in [0.4, 0.5) is 0 Å². The van der Waals surface area contributed by atoms with Crippen LogP contribution in [0.1, 0.15) is 16.7 Å². The molecule has 0 atom stereocenters. The zero-order valence-electron chi connectivity index (χ0n) is 11.8. The predicted molar refractivity (Wildman–Crippen MR) is 88.6 cm³/mol. The Hall–Kier alpha value is -3.36. The summed E-state index contributed by atoms with van der Waals surface area (Å²) in [4.78, 5) is 0. The number of hydrogen-bond acceptors (Lipinski definition) is 2. The Morgan fingerprint density at radius 3 is 2.27 bits per heavy atom. The molecule has 0 N–H and O–H groups in total. The first-order valence-corrected chi connectivity index (χ1v) is 6.92. The Labute approximate surface area is 129 Å². The third-order valence-corrected chi connectivity index (χ3v) is 3.55. The van der Waals surface area contributed by atoms with Crippen molar-refractivity contribution in [2.45, 2.75) is 0 Å². The van der Waals surface area contributed by atoms with E-state index in [2.05, 4.69) is 12.1 Å². The van der Waals surface area contributed by atoms with Gasteiger partial charge in [-0.2, -0.15) is 10.5 Å². The molecule has 2 heteroatoms. The summed E-state index contributed by atoms with van der Waals surface area (Å²) < 4.78 is 0. The van der Waals surface area contributed by atoms with E-state index in [4.69, 9.17) is 5.26 Å². The summed E-state index contributed by atoms with van der Waals surface area (Å²) in [6, 6.07) is 25.6. The molecule has 0 spiro atoms. The average Bonchev–Trinajstić information content (AvgIpc) is 2.60. The van der Waals surface area contributed by atoms with Crippen LogP contribution in [0.25, 0.3) is 22.4 Å². The van der Waals surface area contributed by atoms with Crippen molar-refractivity contribution in [1.82, 2.24) is 0 Å². The maximum atomic E-state index is 9.53. The Morgan fingerprint density at radius 1 is 0.818 bits per heavy atom. The lowest BCUT2D eigenvalue weighted by atomic mass is 9.97. The first kappa shape index (κ1) is 13.6. The number of nitrogens with zero attached hydrogens (tertiary/aromatic N) is 2. The Morgan fingerprint density at radius 2 is 1.55 bits per heavy atom. The average molecular weight is 280 g/mol. The summed E-state index contributed by atoms with van der Waals surface area (Å²) in [5.74, 6) is 0. The molecule has 3 rings (SSSR count). The number of benzene rings is 3. The molecule has 22 heavy (non-hydrogen) atoms. The molecule has 102 valence electrons. The van der Waals surface area contributed by atoms with Gasteiger partial charge in [0.2, 0.25) is 0 Å². The highest BCUT2D eigenvalue weighted by atomic mass is 14.3. The van der Waals surface area contributed by atoms with Crippen LogP contribution in [0.2, 0.25) is 0 Å². The van der Waals surface area contributed by atoms with Crippen LogP contribution >= 0.6 is 0 Å². The molecule has 0 unspecified atom stereocenters. The molecule has 0 aliphatic heterocycles. The highest BCUT2D eigenvalue weighted by Crippen LogP contribution is 2.26. The summed E-state index contributed by atoms with van der Waals surface area (Å²) in [5, 5.41) is 20.5. The Balaban J connectivity index is 2.12. The van der Waals surface area contributed by atoms with Crippen molar-refractivity contribution in [2.24, 2.45) is 0 Å². The maximum Gasteiger partial charge on any atom is 0.0998 e. The van der Waals surface area contributed by atoms with E-state index in [0.29, 0.717) is 11.1 Å². The van der Waals surface area contributed by atoms with Crippen LogP contribution in [-0.2, 0) is 0 Å². The number of rotatable bonds is 2. The van der Waals surface area contributed by atoms with Crippen molar-refractivity contribution < 1.29 is 0 Å². The molecule has 0 radical (unpaired) electrons. The lowest BCUT2D eigenvalue weighted by Crippen LogP contribution is -1.85. The van der Waals surface area contributed by atoms with Crippen LogP contribution in [-0.4, -0.2) is 0 Å². The minimum atomic E-state index is 0.612. The zero-order valence-corrected chi connectivity index (χ0v) is 11.8. The van der Waals surface area contributed by atoms with Crippen molar-refractivity contribution in [2.75, 3.05) is 0 Å². The second-order valence-corrected chi connectivity index (χ2v) is 4.93. The molecule has 2 nitrogen and oxygen atoms in total. The fourth-order valence-corrected chi connectivity index (χ4v) is 2.45. The molecule has 0 aromatic heterocycles. The molecule has 0 heterocycles. The molecule has 0 saturated carbocycles. The minimum Gasteiger partial charge on any atom is -0.192 e. The zero-order chi connectivity index (χ0) is 15.4. The van der Waals surface area contributed by atoms with Gasteiger partial charge in [0.1, 0.15) is 0 Å². The van der Waals surface area contributed by atoms with Crippen LogP contribution < -0.4 is 0 Å². The van der Waals surface area contributed by atoms with Crippen molar-refractivity contribution >= 4 is 22.4 Å². The van der Waals surface area contributed by atoms with Crippen LogP contribution in [0.15, 0.2) is 66.7 Å². The van der Waals surface area contributed by atoms with Gasteiger partial charge in [0.15, 0.2) is 0 Å². The smallest absolute Gasteiger partial charge is 0.0998 e. The minimum absolute atomic E-state index is 0.612. The van der Waals surface area contributed by atoms with Crippen LogP contribution in [0.5, 0.6) is 0 Å². The van der Waals surface area contributed by atoms with E-state index < -0.39 is 0 Å². The van der Waals surface area contributed by atoms with E-state index in [1.807, 2.05) is 60.7 Å². The third-order valence-electron chi connectivity index (χ3n) is 3.55. The monoisotopic (exact) mass is 280 g/mol. The van der Waals surface area contributed by atoms with Gasteiger partial charge >= 0.3 is 0 Å². The van der Waals surface area contributed by atoms with Crippen molar-refractivity contribution in [3.63, 3.8) is 0 Å². The van der Waals surface area contributed by atoms with Crippen molar-refractivity contribution in [3.05, 3.63) is 83.4 Å². The molecule has 3 aromatic rings. The van der Waals surface area contributed by atoms with E-state index in [1.165, 1.54) is 0 Å². The lowest BCUT2D eigenvalue weighted by Gasteiger charge is -2.05. The molecule has 3 aromatic carbocycles. The summed E-state index contributed by atoms with van der Waals surface area (Å²) >= 11 is 0. The second kappa shape index (κ2) is 5.95. The Bertz CT molecular complexity index is 931. The highest BCUT2D eigenvalue weighted by Gasteiger charge is 2.06. The molecule has 0 aliphatic rings. The maximum absolute atomic E-state index is 9.53. The van der Waals surface area contributed by atoms with Gasteiger partial charge in [0, 0.05) is 5.56 Å². The van der Waals surface area contributed by atoms with Crippen molar-refractivity contribution in [1.29, 1.82) is 10.5 Å². The summed E-state index contributed by atoms with van der Waals surface area (Å²) in [6.07, 6.45) is 1.85. The number of nitriles is 2. The van der Waals surface area contributed by atoms with Crippen molar-refractivity contribution in [3.8, 4) is 12.1 Å². The van der Waals surface area contributed by atoms with Gasteiger partial charge in [-0.1, -0.05) is 54.6 Å². The van der Waals surface area contributed by atoms with Gasteiger partial charge in [-0.05, 0) is 34.5 Å². The summed E-state index contributed by atoms with van der Waals surface area (Å²) in [6.45, 7) is 0. The predicted octanol–water partition coefficient (Wildman–Crippen LogP) is 4.78. The first-order valence-electron chi connectivity index (χ1n) is 6.92. The fraction of sp³-hybridized carbons (Fsp3) is 0. The van der Waals surface area contributed by atoms with Crippen LogP contribution in [0, 0.1) is 22.7 Å². The van der Waals surface area contributed by atoms with E-state index in [0.717, 1.165) is 21.9 Å².